The molecule has 0 bridgehead atoms. The van der Waals surface area contributed by atoms with E-state index in [0.29, 0.717) is 24.4 Å². The Kier molecular flexibility index (Phi) is 5.83. The second-order valence-corrected chi connectivity index (χ2v) is 8.33. The minimum Gasteiger partial charge on any atom is -0.507 e. The molecule has 2 nitrogen and oxygen atoms in total. The molecule has 0 aliphatic heterocycles. The van der Waals surface area contributed by atoms with Gasteiger partial charge in [-0.3, -0.25) is 4.79 Å². The summed E-state index contributed by atoms with van der Waals surface area (Å²) in [5, 5.41) is 10.7. The molecule has 22 heavy (non-hydrogen) atoms. The molecule has 0 spiro atoms. The highest BCUT2D eigenvalue weighted by atomic mass is 16.3. The van der Waals surface area contributed by atoms with Crippen LogP contribution in [0.1, 0.15) is 84.4 Å². The van der Waals surface area contributed by atoms with Crippen LogP contribution in [-0.2, 0) is 22.0 Å². The summed E-state index contributed by atoms with van der Waals surface area (Å²) in [6.07, 6.45) is 2.92. The van der Waals surface area contributed by atoms with Gasteiger partial charge in [-0.05, 0) is 40.4 Å². The third kappa shape index (κ3) is 4.86. The monoisotopic (exact) mass is 304 g/mol. The predicted molar refractivity (Wildman–Crippen MR) is 93.7 cm³/mol. The van der Waals surface area contributed by atoms with Crippen LogP contribution in [0.25, 0.3) is 0 Å². The standard InChI is InChI=1S/C20H32O2/c1-8-9-15(21)11-10-14-12-16(19(2,3)4)18(22)17(13-14)20(5,6)7/h12-13,22H,8-11H2,1-7H3. The lowest BCUT2D eigenvalue weighted by Crippen LogP contribution is -2.18. The molecule has 124 valence electrons. The van der Waals surface area contributed by atoms with E-state index in [-0.39, 0.29) is 10.8 Å². The van der Waals surface area contributed by atoms with E-state index in [0.717, 1.165) is 29.5 Å². The Morgan fingerprint density at radius 2 is 1.41 bits per heavy atom. The lowest BCUT2D eigenvalue weighted by Gasteiger charge is -2.28. The number of hydrogen-bond acceptors (Lipinski definition) is 2. The van der Waals surface area contributed by atoms with Gasteiger partial charge in [0.25, 0.3) is 0 Å². The summed E-state index contributed by atoms with van der Waals surface area (Å²) >= 11 is 0. The van der Waals surface area contributed by atoms with Gasteiger partial charge >= 0.3 is 0 Å². The van der Waals surface area contributed by atoms with Crippen LogP contribution in [0.5, 0.6) is 5.75 Å². The number of hydrogen-bond donors (Lipinski definition) is 1. The second-order valence-electron chi connectivity index (χ2n) is 8.33. The third-order valence-electron chi connectivity index (χ3n) is 4.01. The van der Waals surface area contributed by atoms with Gasteiger partial charge in [0.15, 0.2) is 0 Å². The van der Waals surface area contributed by atoms with Crippen LogP contribution in [-0.4, -0.2) is 10.9 Å². The van der Waals surface area contributed by atoms with Crippen molar-refractivity contribution in [3.63, 3.8) is 0 Å². The van der Waals surface area contributed by atoms with Crippen molar-refractivity contribution < 1.29 is 9.90 Å². The van der Waals surface area contributed by atoms with Crippen molar-refractivity contribution in [3.8, 4) is 5.75 Å². The zero-order chi connectivity index (χ0) is 17.1. The summed E-state index contributed by atoms with van der Waals surface area (Å²) in [6, 6.07) is 4.15. The summed E-state index contributed by atoms with van der Waals surface area (Å²) in [7, 11) is 0. The van der Waals surface area contributed by atoms with Crippen molar-refractivity contribution >= 4 is 5.78 Å². The number of phenols is 1. The fourth-order valence-corrected chi connectivity index (χ4v) is 2.67. The molecule has 0 unspecified atom stereocenters. The first kappa shape index (κ1) is 18.7. The molecule has 0 aliphatic rings. The SMILES string of the molecule is CCCC(=O)CCc1cc(C(C)(C)C)c(O)c(C(C)(C)C)c1. The van der Waals surface area contributed by atoms with Crippen LogP contribution >= 0.6 is 0 Å². The smallest absolute Gasteiger partial charge is 0.133 e. The summed E-state index contributed by atoms with van der Waals surface area (Å²) in [6.45, 7) is 14.7. The van der Waals surface area contributed by atoms with E-state index in [9.17, 15) is 9.90 Å². The summed E-state index contributed by atoms with van der Waals surface area (Å²) < 4.78 is 0. The van der Waals surface area contributed by atoms with Crippen LogP contribution in [0.3, 0.4) is 0 Å². The molecule has 1 N–H and O–H groups in total. The van der Waals surface area contributed by atoms with Crippen LogP contribution < -0.4 is 0 Å². The van der Waals surface area contributed by atoms with Gasteiger partial charge < -0.3 is 5.11 Å². The highest BCUT2D eigenvalue weighted by Gasteiger charge is 2.26. The van der Waals surface area contributed by atoms with Crippen molar-refractivity contribution in [1.82, 2.24) is 0 Å². The van der Waals surface area contributed by atoms with Crippen molar-refractivity contribution in [2.75, 3.05) is 0 Å². The van der Waals surface area contributed by atoms with Gasteiger partial charge in [0.2, 0.25) is 0 Å². The molecule has 0 aromatic heterocycles. The van der Waals surface area contributed by atoms with Crippen molar-refractivity contribution in [2.45, 2.75) is 85.0 Å². The largest absolute Gasteiger partial charge is 0.507 e. The van der Waals surface area contributed by atoms with E-state index < -0.39 is 0 Å². The third-order valence-corrected chi connectivity index (χ3v) is 4.01. The fourth-order valence-electron chi connectivity index (χ4n) is 2.67. The average Bonchev–Trinajstić information content (AvgIpc) is 2.35. The number of ketones is 1. The number of rotatable bonds is 5. The molecule has 0 atom stereocenters. The minimum absolute atomic E-state index is 0.118. The maximum Gasteiger partial charge on any atom is 0.133 e. The second kappa shape index (κ2) is 6.85. The lowest BCUT2D eigenvalue weighted by molar-refractivity contribution is -0.119. The zero-order valence-corrected chi connectivity index (χ0v) is 15.3. The molecule has 0 aliphatic carbocycles. The van der Waals surface area contributed by atoms with E-state index in [1.165, 1.54) is 0 Å². The molecule has 0 saturated heterocycles. The van der Waals surface area contributed by atoms with Gasteiger partial charge in [-0.1, -0.05) is 60.6 Å². The first-order chi connectivity index (χ1) is 9.96. The van der Waals surface area contributed by atoms with Crippen molar-refractivity contribution in [2.24, 2.45) is 0 Å². The molecule has 0 heterocycles. The molecule has 0 saturated carbocycles. The van der Waals surface area contributed by atoms with Crippen LogP contribution in [0.15, 0.2) is 12.1 Å². The molecular formula is C20H32O2. The number of phenolic OH excluding ortho intramolecular Hbond substituents is 1. The molecule has 1 aromatic rings. The number of Topliss-reactive ketones (excluding diaryl/α,β-unsaturated/α-hetero) is 1. The van der Waals surface area contributed by atoms with Crippen LogP contribution in [0, 0.1) is 0 Å². The zero-order valence-electron chi connectivity index (χ0n) is 15.3. The van der Waals surface area contributed by atoms with E-state index >= 15 is 0 Å². The fraction of sp³-hybridized carbons (Fsp3) is 0.650. The molecular weight excluding hydrogens is 272 g/mol. The summed E-state index contributed by atoms with van der Waals surface area (Å²) in [4.78, 5) is 11.8. The lowest BCUT2D eigenvalue weighted by atomic mass is 9.78. The average molecular weight is 304 g/mol. The molecule has 0 fully saturated rings. The van der Waals surface area contributed by atoms with E-state index in [1.807, 2.05) is 6.92 Å². The quantitative estimate of drug-likeness (QED) is 0.802. The Bertz CT molecular complexity index is 493. The Labute approximate surface area is 135 Å². The maximum atomic E-state index is 11.8. The van der Waals surface area contributed by atoms with Crippen LogP contribution in [0.4, 0.5) is 0 Å². The van der Waals surface area contributed by atoms with Gasteiger partial charge in [-0.25, -0.2) is 0 Å². The number of carbonyl (C=O) groups excluding carboxylic acids is 1. The number of aryl methyl sites for hydroxylation is 1. The molecule has 0 radical (unpaired) electrons. The number of carbonyl (C=O) groups is 1. The summed E-state index contributed by atoms with van der Waals surface area (Å²) in [5.74, 6) is 0.730. The first-order valence-electron chi connectivity index (χ1n) is 8.35. The Morgan fingerprint density at radius 3 is 1.77 bits per heavy atom. The Hall–Kier alpha value is -1.31. The minimum atomic E-state index is -0.118. The Balaban J connectivity index is 3.21. The highest BCUT2D eigenvalue weighted by Crippen LogP contribution is 2.39. The van der Waals surface area contributed by atoms with E-state index in [1.54, 1.807) is 0 Å². The van der Waals surface area contributed by atoms with Crippen molar-refractivity contribution in [1.29, 1.82) is 0 Å². The Morgan fingerprint density at radius 1 is 0.955 bits per heavy atom. The van der Waals surface area contributed by atoms with Crippen molar-refractivity contribution in [3.05, 3.63) is 28.8 Å². The van der Waals surface area contributed by atoms with Gasteiger partial charge in [0.05, 0.1) is 0 Å². The topological polar surface area (TPSA) is 37.3 Å². The predicted octanol–water partition coefficient (Wildman–Crippen LogP) is 5.29. The number of aromatic hydroxyl groups is 1. The molecule has 1 rings (SSSR count). The first-order valence-corrected chi connectivity index (χ1v) is 8.35. The van der Waals surface area contributed by atoms with Crippen LogP contribution in [0.2, 0.25) is 0 Å². The van der Waals surface area contributed by atoms with Gasteiger partial charge in [-0.2, -0.15) is 0 Å². The summed E-state index contributed by atoms with van der Waals surface area (Å²) in [5.41, 5.74) is 2.86. The molecule has 2 heteroatoms. The molecule has 0 amide bonds. The highest BCUT2D eigenvalue weighted by molar-refractivity contribution is 5.78. The van der Waals surface area contributed by atoms with E-state index in [4.69, 9.17) is 0 Å². The normalized spacial score (nSPS) is 12.5. The maximum absolute atomic E-state index is 11.8. The van der Waals surface area contributed by atoms with Gasteiger partial charge in [-0.15, -0.1) is 0 Å². The van der Waals surface area contributed by atoms with E-state index in [2.05, 4.69) is 53.7 Å². The van der Waals surface area contributed by atoms with Gasteiger partial charge in [0.1, 0.15) is 11.5 Å². The number of benzene rings is 1. The molecule has 1 aromatic carbocycles. The van der Waals surface area contributed by atoms with Gasteiger partial charge in [0, 0.05) is 12.8 Å².